The SMILES string of the molecule is Brc1nc(CCc2ccccc2)n2ccccc12. The highest BCUT2D eigenvalue weighted by atomic mass is 79.9. The first kappa shape index (κ1) is 11.5. The fourth-order valence-corrected chi connectivity index (χ4v) is 2.67. The van der Waals surface area contributed by atoms with Crippen molar-refractivity contribution in [2.24, 2.45) is 0 Å². The van der Waals surface area contributed by atoms with Crippen molar-refractivity contribution >= 4 is 21.4 Å². The van der Waals surface area contributed by atoms with Crippen LogP contribution in [0.4, 0.5) is 0 Å². The minimum absolute atomic E-state index is 0.922. The highest BCUT2D eigenvalue weighted by Crippen LogP contribution is 2.19. The van der Waals surface area contributed by atoms with E-state index in [1.54, 1.807) is 0 Å². The number of aryl methyl sites for hydroxylation is 2. The van der Waals surface area contributed by atoms with Gasteiger partial charge in [0.05, 0.1) is 5.52 Å². The summed E-state index contributed by atoms with van der Waals surface area (Å²) in [5.74, 6) is 1.10. The van der Waals surface area contributed by atoms with Gasteiger partial charge >= 0.3 is 0 Å². The predicted molar refractivity (Wildman–Crippen MR) is 76.7 cm³/mol. The number of nitrogens with zero attached hydrogens (tertiary/aromatic N) is 2. The van der Waals surface area contributed by atoms with Crippen molar-refractivity contribution in [3.05, 3.63) is 70.7 Å². The molecule has 3 rings (SSSR count). The number of hydrogen-bond acceptors (Lipinski definition) is 1. The lowest BCUT2D eigenvalue weighted by atomic mass is 10.1. The zero-order chi connectivity index (χ0) is 12.4. The van der Waals surface area contributed by atoms with Gasteiger partial charge in [0.2, 0.25) is 0 Å². The summed E-state index contributed by atoms with van der Waals surface area (Å²) in [6.45, 7) is 0. The van der Waals surface area contributed by atoms with Crippen molar-refractivity contribution in [3.63, 3.8) is 0 Å². The Hall–Kier alpha value is -1.61. The summed E-state index contributed by atoms with van der Waals surface area (Å²) in [6.07, 6.45) is 4.02. The standard InChI is InChI=1S/C15H13BrN2/c16-15-13-8-4-5-11-18(13)14(17-15)10-9-12-6-2-1-3-7-12/h1-8,11H,9-10H2. The number of benzene rings is 1. The Morgan fingerprint density at radius 3 is 2.56 bits per heavy atom. The van der Waals surface area contributed by atoms with E-state index in [1.165, 1.54) is 5.56 Å². The molecular formula is C15H13BrN2. The lowest BCUT2D eigenvalue weighted by Crippen LogP contribution is -1.97. The minimum Gasteiger partial charge on any atom is -0.303 e. The van der Waals surface area contributed by atoms with Crippen molar-refractivity contribution in [1.82, 2.24) is 9.38 Å². The van der Waals surface area contributed by atoms with Gasteiger partial charge in [-0.25, -0.2) is 4.98 Å². The molecule has 0 bridgehead atoms. The molecule has 0 fully saturated rings. The maximum Gasteiger partial charge on any atom is 0.132 e. The van der Waals surface area contributed by atoms with Crippen molar-refractivity contribution in [1.29, 1.82) is 0 Å². The molecule has 0 aliphatic heterocycles. The van der Waals surface area contributed by atoms with Crippen LogP contribution < -0.4 is 0 Å². The average molecular weight is 301 g/mol. The van der Waals surface area contributed by atoms with Crippen molar-refractivity contribution < 1.29 is 0 Å². The predicted octanol–water partition coefficient (Wildman–Crippen LogP) is 3.88. The molecule has 3 heteroatoms. The van der Waals surface area contributed by atoms with Crippen LogP contribution in [-0.4, -0.2) is 9.38 Å². The Bertz CT molecular complexity index is 659. The third-order valence-corrected chi connectivity index (χ3v) is 3.64. The molecule has 1 aromatic carbocycles. The highest BCUT2D eigenvalue weighted by molar-refractivity contribution is 9.10. The molecule has 0 amide bonds. The van der Waals surface area contributed by atoms with Crippen LogP contribution >= 0.6 is 15.9 Å². The molecule has 2 heterocycles. The summed E-state index contributed by atoms with van der Waals surface area (Å²) >= 11 is 3.51. The summed E-state index contributed by atoms with van der Waals surface area (Å²) in [4.78, 5) is 4.58. The van der Waals surface area contributed by atoms with Gasteiger partial charge in [0.15, 0.2) is 0 Å². The number of hydrogen-bond donors (Lipinski definition) is 0. The van der Waals surface area contributed by atoms with E-state index in [9.17, 15) is 0 Å². The molecule has 0 saturated carbocycles. The van der Waals surface area contributed by atoms with Crippen LogP contribution in [0.5, 0.6) is 0 Å². The van der Waals surface area contributed by atoms with Gasteiger partial charge in [-0.3, -0.25) is 0 Å². The Morgan fingerprint density at radius 2 is 1.72 bits per heavy atom. The number of halogens is 1. The number of imidazole rings is 1. The molecule has 0 aliphatic carbocycles. The normalized spacial score (nSPS) is 10.9. The third kappa shape index (κ3) is 2.18. The van der Waals surface area contributed by atoms with E-state index in [1.807, 2.05) is 18.2 Å². The topological polar surface area (TPSA) is 17.3 Å². The second-order valence-corrected chi connectivity index (χ2v) is 5.01. The van der Waals surface area contributed by atoms with Crippen LogP contribution in [0.25, 0.3) is 5.52 Å². The summed E-state index contributed by atoms with van der Waals surface area (Å²) in [6, 6.07) is 16.7. The molecule has 0 N–H and O–H groups in total. The Kier molecular flexibility index (Phi) is 3.15. The Morgan fingerprint density at radius 1 is 0.944 bits per heavy atom. The monoisotopic (exact) mass is 300 g/mol. The first-order valence-corrected chi connectivity index (χ1v) is 6.79. The van der Waals surface area contributed by atoms with Gasteiger partial charge < -0.3 is 4.40 Å². The van der Waals surface area contributed by atoms with Gasteiger partial charge in [0, 0.05) is 12.6 Å². The van der Waals surface area contributed by atoms with E-state index >= 15 is 0 Å². The van der Waals surface area contributed by atoms with Crippen LogP contribution in [0.2, 0.25) is 0 Å². The van der Waals surface area contributed by atoms with Crippen molar-refractivity contribution in [2.45, 2.75) is 12.8 Å². The molecular weight excluding hydrogens is 288 g/mol. The molecule has 0 atom stereocenters. The molecule has 0 saturated heterocycles. The van der Waals surface area contributed by atoms with E-state index in [2.05, 4.69) is 61.8 Å². The maximum atomic E-state index is 4.58. The molecule has 2 nitrogen and oxygen atoms in total. The summed E-state index contributed by atoms with van der Waals surface area (Å²) in [7, 11) is 0. The fraction of sp³-hybridized carbons (Fsp3) is 0.133. The Balaban J connectivity index is 1.87. The van der Waals surface area contributed by atoms with E-state index in [4.69, 9.17) is 0 Å². The molecule has 0 unspecified atom stereocenters. The first-order chi connectivity index (χ1) is 8.84. The first-order valence-electron chi connectivity index (χ1n) is 6.00. The van der Waals surface area contributed by atoms with Crippen LogP contribution in [0.3, 0.4) is 0 Å². The van der Waals surface area contributed by atoms with E-state index in [-0.39, 0.29) is 0 Å². The van der Waals surface area contributed by atoms with Crippen LogP contribution in [-0.2, 0) is 12.8 Å². The van der Waals surface area contributed by atoms with Gasteiger partial charge in [0.1, 0.15) is 10.4 Å². The smallest absolute Gasteiger partial charge is 0.132 e. The lowest BCUT2D eigenvalue weighted by Gasteiger charge is -2.01. The van der Waals surface area contributed by atoms with Gasteiger partial charge in [-0.1, -0.05) is 36.4 Å². The van der Waals surface area contributed by atoms with E-state index < -0.39 is 0 Å². The summed E-state index contributed by atoms with van der Waals surface area (Å²) < 4.78 is 3.07. The number of pyridine rings is 1. The number of fused-ring (bicyclic) bond motifs is 1. The zero-order valence-electron chi connectivity index (χ0n) is 9.88. The molecule has 0 radical (unpaired) electrons. The quantitative estimate of drug-likeness (QED) is 0.717. The Labute approximate surface area is 114 Å². The largest absolute Gasteiger partial charge is 0.303 e. The van der Waals surface area contributed by atoms with E-state index in [0.29, 0.717) is 0 Å². The van der Waals surface area contributed by atoms with Gasteiger partial charge in [-0.05, 0) is 40.0 Å². The minimum atomic E-state index is 0.922. The van der Waals surface area contributed by atoms with E-state index in [0.717, 1.165) is 28.8 Å². The maximum absolute atomic E-state index is 4.58. The van der Waals surface area contributed by atoms with Gasteiger partial charge in [0.25, 0.3) is 0 Å². The second-order valence-electron chi connectivity index (χ2n) is 4.26. The van der Waals surface area contributed by atoms with Crippen molar-refractivity contribution in [3.8, 4) is 0 Å². The number of rotatable bonds is 3. The molecule has 90 valence electrons. The molecule has 18 heavy (non-hydrogen) atoms. The highest BCUT2D eigenvalue weighted by Gasteiger charge is 2.07. The fourth-order valence-electron chi connectivity index (χ4n) is 2.14. The zero-order valence-corrected chi connectivity index (χ0v) is 11.5. The van der Waals surface area contributed by atoms with Crippen molar-refractivity contribution in [2.75, 3.05) is 0 Å². The van der Waals surface area contributed by atoms with Crippen LogP contribution in [0, 0.1) is 0 Å². The molecule has 0 aliphatic rings. The van der Waals surface area contributed by atoms with Gasteiger partial charge in [-0.15, -0.1) is 0 Å². The van der Waals surface area contributed by atoms with Crippen LogP contribution in [0.15, 0.2) is 59.3 Å². The third-order valence-electron chi connectivity index (χ3n) is 3.06. The summed E-state index contributed by atoms with van der Waals surface area (Å²) in [5.41, 5.74) is 2.47. The molecule has 2 aromatic heterocycles. The van der Waals surface area contributed by atoms with Crippen LogP contribution in [0.1, 0.15) is 11.4 Å². The average Bonchev–Trinajstić information content (AvgIpc) is 2.75. The summed E-state index contributed by atoms with van der Waals surface area (Å²) in [5, 5.41) is 0. The lowest BCUT2D eigenvalue weighted by molar-refractivity contribution is 0.852. The molecule has 0 spiro atoms. The molecule has 3 aromatic rings. The number of aromatic nitrogens is 2. The second kappa shape index (κ2) is 4.94. The van der Waals surface area contributed by atoms with Gasteiger partial charge in [-0.2, -0.15) is 0 Å².